The van der Waals surface area contributed by atoms with Crippen LogP contribution in [0, 0.1) is 5.92 Å². The Kier molecular flexibility index (Phi) is 6.53. The predicted octanol–water partition coefficient (Wildman–Crippen LogP) is 3.82. The van der Waals surface area contributed by atoms with E-state index in [-0.39, 0.29) is 16.7 Å². The lowest BCUT2D eigenvalue weighted by Gasteiger charge is -2.22. The van der Waals surface area contributed by atoms with Gasteiger partial charge >= 0.3 is 0 Å². The Morgan fingerprint density at radius 3 is 3.00 bits per heavy atom. The third-order valence-corrected chi connectivity index (χ3v) is 6.70. The van der Waals surface area contributed by atoms with Gasteiger partial charge in [0.1, 0.15) is 4.83 Å². The van der Waals surface area contributed by atoms with Gasteiger partial charge in [-0.15, -0.1) is 17.9 Å². The number of carbonyl (C=O) groups is 1. The lowest BCUT2D eigenvalue weighted by atomic mass is 9.89. The molecule has 0 aromatic carbocycles. The first-order valence-electron chi connectivity index (χ1n) is 9.13. The number of amides is 1. The first-order valence-corrected chi connectivity index (χ1v) is 10.9. The summed E-state index contributed by atoms with van der Waals surface area (Å²) >= 11 is 2.78. The van der Waals surface area contributed by atoms with E-state index in [4.69, 9.17) is 0 Å². The molecular weight excluding hydrogens is 366 g/mol. The van der Waals surface area contributed by atoms with Gasteiger partial charge in [-0.05, 0) is 37.1 Å². The Balaban J connectivity index is 1.70. The van der Waals surface area contributed by atoms with Crippen LogP contribution in [-0.2, 0) is 11.3 Å². The Labute approximate surface area is 161 Å². The van der Waals surface area contributed by atoms with Gasteiger partial charge in [-0.3, -0.25) is 14.2 Å². The summed E-state index contributed by atoms with van der Waals surface area (Å²) in [6.07, 6.45) is 7.94. The lowest BCUT2D eigenvalue weighted by Crippen LogP contribution is -2.35. The van der Waals surface area contributed by atoms with E-state index in [0.29, 0.717) is 27.8 Å². The zero-order valence-corrected chi connectivity index (χ0v) is 16.7. The molecule has 7 heteroatoms. The van der Waals surface area contributed by atoms with Gasteiger partial charge < -0.3 is 5.32 Å². The molecule has 1 N–H and O–H groups in total. The summed E-state index contributed by atoms with van der Waals surface area (Å²) in [6.45, 7) is 6.73. The van der Waals surface area contributed by atoms with E-state index < -0.39 is 0 Å². The van der Waals surface area contributed by atoms with Gasteiger partial charge in [0.2, 0.25) is 5.91 Å². The fourth-order valence-electron chi connectivity index (χ4n) is 3.30. The van der Waals surface area contributed by atoms with Crippen LogP contribution >= 0.6 is 23.1 Å². The topological polar surface area (TPSA) is 64.0 Å². The Morgan fingerprint density at radius 2 is 2.27 bits per heavy atom. The fraction of sp³-hybridized carbons (Fsp3) is 0.526. The molecule has 1 saturated carbocycles. The van der Waals surface area contributed by atoms with E-state index in [1.807, 2.05) is 12.3 Å². The molecule has 0 radical (unpaired) electrons. The van der Waals surface area contributed by atoms with Crippen LogP contribution < -0.4 is 10.9 Å². The summed E-state index contributed by atoms with van der Waals surface area (Å²) in [5.41, 5.74) is -0.0755. The van der Waals surface area contributed by atoms with E-state index >= 15 is 0 Å². The lowest BCUT2D eigenvalue weighted by molar-refractivity contribution is -0.120. The maximum atomic E-state index is 12.7. The third-order valence-electron chi connectivity index (χ3n) is 4.80. The highest BCUT2D eigenvalue weighted by Crippen LogP contribution is 2.26. The molecule has 2 aromatic rings. The number of hydrogen-bond acceptors (Lipinski definition) is 5. The highest BCUT2D eigenvalue weighted by molar-refractivity contribution is 8.00. The average Bonchev–Trinajstić information content (AvgIpc) is 3.12. The smallest absolute Gasteiger partial charge is 0.263 e. The Morgan fingerprint density at radius 1 is 1.50 bits per heavy atom. The van der Waals surface area contributed by atoms with Gasteiger partial charge in [0.15, 0.2) is 5.16 Å². The molecule has 0 spiro atoms. The van der Waals surface area contributed by atoms with Crippen LogP contribution in [0.4, 0.5) is 0 Å². The van der Waals surface area contributed by atoms with Crippen molar-refractivity contribution in [3.63, 3.8) is 0 Å². The number of nitrogens with zero attached hydrogens (tertiary/aromatic N) is 2. The van der Waals surface area contributed by atoms with E-state index in [1.54, 1.807) is 16.7 Å². The standard InChI is InChI=1S/C19H25N3O2S2/c1-3-10-22-18(24)15-9-11-25-17(15)21-19(22)26-13(2)16(23)20-12-14-7-5-4-6-8-14/h3,9,11,13-14H,1,4-8,10,12H2,2H3,(H,20,23). The van der Waals surface area contributed by atoms with Crippen LogP contribution in [0.25, 0.3) is 10.2 Å². The number of rotatable bonds is 7. The van der Waals surface area contributed by atoms with Gasteiger partial charge in [0.05, 0.1) is 10.6 Å². The number of allylic oxidation sites excluding steroid dienone is 1. The molecule has 1 atom stereocenters. The number of fused-ring (bicyclic) bond motifs is 1. The van der Waals surface area contributed by atoms with Crippen molar-refractivity contribution in [1.29, 1.82) is 0 Å². The number of carbonyl (C=O) groups excluding carboxylic acids is 1. The van der Waals surface area contributed by atoms with E-state index in [1.165, 1.54) is 55.2 Å². The summed E-state index contributed by atoms with van der Waals surface area (Å²) in [5, 5.41) is 5.83. The maximum Gasteiger partial charge on any atom is 0.263 e. The first-order chi connectivity index (χ1) is 12.6. The second-order valence-corrected chi connectivity index (χ2v) is 8.95. The molecule has 1 aliphatic rings. The van der Waals surface area contributed by atoms with Crippen molar-refractivity contribution in [3.05, 3.63) is 34.5 Å². The monoisotopic (exact) mass is 391 g/mol. The molecule has 26 heavy (non-hydrogen) atoms. The van der Waals surface area contributed by atoms with Gasteiger partial charge in [-0.25, -0.2) is 4.98 Å². The SMILES string of the molecule is C=CCn1c(SC(C)C(=O)NCC2CCCCC2)nc2sccc2c1=O. The van der Waals surface area contributed by atoms with Gasteiger partial charge in [0, 0.05) is 13.1 Å². The molecule has 140 valence electrons. The van der Waals surface area contributed by atoms with Crippen LogP contribution in [-0.4, -0.2) is 27.3 Å². The van der Waals surface area contributed by atoms with Crippen molar-refractivity contribution < 1.29 is 4.79 Å². The molecule has 0 aliphatic heterocycles. The highest BCUT2D eigenvalue weighted by Gasteiger charge is 2.21. The third kappa shape index (κ3) is 4.38. The van der Waals surface area contributed by atoms with Gasteiger partial charge in [0.25, 0.3) is 5.56 Å². The second kappa shape index (κ2) is 8.86. The predicted molar refractivity (Wildman–Crippen MR) is 109 cm³/mol. The molecule has 0 saturated heterocycles. The van der Waals surface area contributed by atoms with Crippen LogP contribution in [0.15, 0.2) is 34.1 Å². The van der Waals surface area contributed by atoms with Crippen LogP contribution in [0.1, 0.15) is 39.0 Å². The molecule has 5 nitrogen and oxygen atoms in total. The molecule has 2 heterocycles. The summed E-state index contributed by atoms with van der Waals surface area (Å²) in [4.78, 5) is 30.5. The zero-order chi connectivity index (χ0) is 18.5. The van der Waals surface area contributed by atoms with E-state index in [0.717, 1.165) is 6.54 Å². The van der Waals surface area contributed by atoms with Crippen molar-refractivity contribution in [1.82, 2.24) is 14.9 Å². The van der Waals surface area contributed by atoms with Crippen molar-refractivity contribution >= 4 is 39.2 Å². The van der Waals surface area contributed by atoms with Crippen molar-refractivity contribution in [2.45, 2.75) is 56.0 Å². The molecule has 0 bridgehead atoms. The maximum absolute atomic E-state index is 12.7. The minimum absolute atomic E-state index is 0.00579. The largest absolute Gasteiger partial charge is 0.355 e. The molecule has 1 unspecified atom stereocenters. The number of aromatic nitrogens is 2. The summed E-state index contributed by atoms with van der Waals surface area (Å²) < 4.78 is 1.59. The summed E-state index contributed by atoms with van der Waals surface area (Å²) in [5.74, 6) is 0.607. The zero-order valence-electron chi connectivity index (χ0n) is 15.1. The normalized spacial score (nSPS) is 16.5. The number of thiophene rings is 1. The second-order valence-electron chi connectivity index (χ2n) is 6.75. The van der Waals surface area contributed by atoms with Crippen molar-refractivity contribution in [2.75, 3.05) is 6.54 Å². The Bertz CT molecular complexity index is 837. The fourth-order valence-corrected chi connectivity index (χ4v) is 5.05. The van der Waals surface area contributed by atoms with Crippen molar-refractivity contribution in [3.8, 4) is 0 Å². The number of thioether (sulfide) groups is 1. The summed E-state index contributed by atoms with van der Waals surface area (Å²) in [7, 11) is 0. The minimum atomic E-state index is -0.307. The first kappa shape index (κ1) is 19.2. The highest BCUT2D eigenvalue weighted by atomic mass is 32.2. The van der Waals surface area contributed by atoms with Crippen molar-refractivity contribution in [2.24, 2.45) is 5.92 Å². The molecule has 1 fully saturated rings. The molecule has 1 amide bonds. The Hall–Kier alpha value is -1.60. The number of hydrogen-bond donors (Lipinski definition) is 1. The number of nitrogens with one attached hydrogen (secondary N) is 1. The summed E-state index contributed by atoms with van der Waals surface area (Å²) in [6, 6.07) is 1.80. The molecule has 3 rings (SSSR count). The average molecular weight is 392 g/mol. The minimum Gasteiger partial charge on any atom is -0.355 e. The molecule has 2 aromatic heterocycles. The quantitative estimate of drug-likeness (QED) is 0.443. The van der Waals surface area contributed by atoms with E-state index in [2.05, 4.69) is 16.9 Å². The van der Waals surface area contributed by atoms with Crippen LogP contribution in [0.5, 0.6) is 0 Å². The van der Waals surface area contributed by atoms with Crippen LogP contribution in [0.3, 0.4) is 0 Å². The molecule has 1 aliphatic carbocycles. The van der Waals surface area contributed by atoms with E-state index in [9.17, 15) is 9.59 Å². The van der Waals surface area contributed by atoms with Gasteiger partial charge in [-0.1, -0.05) is 37.1 Å². The molecular formula is C19H25N3O2S2. The van der Waals surface area contributed by atoms with Gasteiger partial charge in [-0.2, -0.15) is 0 Å². The van der Waals surface area contributed by atoms with Crippen LogP contribution in [0.2, 0.25) is 0 Å².